The van der Waals surface area contributed by atoms with Gasteiger partial charge in [-0.15, -0.1) is 0 Å². The molecule has 0 N–H and O–H groups in total. The molecule has 0 aliphatic carbocycles. The van der Waals surface area contributed by atoms with Crippen LogP contribution >= 0.6 is 0 Å². The summed E-state index contributed by atoms with van der Waals surface area (Å²) in [7, 11) is 0. The van der Waals surface area contributed by atoms with E-state index in [1.165, 1.54) is 0 Å². The van der Waals surface area contributed by atoms with E-state index < -0.39 is 0 Å². The number of nitrogens with zero attached hydrogens (tertiary/aromatic N) is 2. The molecular formula is C16H24N2O2. The molecule has 1 aliphatic rings. The molecule has 0 aromatic heterocycles. The van der Waals surface area contributed by atoms with Gasteiger partial charge in [0.15, 0.2) is 0 Å². The molecule has 1 amide bonds. The fraction of sp³-hybridized carbons (Fsp3) is 0.562. The van der Waals surface area contributed by atoms with Crippen molar-refractivity contribution in [3.8, 4) is 5.75 Å². The van der Waals surface area contributed by atoms with Gasteiger partial charge in [0.2, 0.25) is 0 Å². The van der Waals surface area contributed by atoms with Gasteiger partial charge >= 0.3 is 6.09 Å². The highest BCUT2D eigenvalue weighted by Gasteiger charge is 2.25. The third-order valence-electron chi connectivity index (χ3n) is 3.28. The Hall–Kier alpha value is -1.55. The van der Waals surface area contributed by atoms with Crippen molar-refractivity contribution in [2.24, 2.45) is 5.41 Å². The van der Waals surface area contributed by atoms with Gasteiger partial charge in [0.05, 0.1) is 0 Å². The summed E-state index contributed by atoms with van der Waals surface area (Å²) in [6, 6.07) is 9.23. The monoisotopic (exact) mass is 276 g/mol. The summed E-state index contributed by atoms with van der Waals surface area (Å²) in [5, 5.41) is 0. The van der Waals surface area contributed by atoms with E-state index in [0.717, 1.165) is 32.7 Å². The summed E-state index contributed by atoms with van der Waals surface area (Å²) in [6.45, 7) is 11.1. The number of ether oxygens (including phenoxy) is 1. The molecule has 4 nitrogen and oxygen atoms in total. The van der Waals surface area contributed by atoms with Gasteiger partial charge < -0.3 is 9.64 Å². The molecule has 0 radical (unpaired) electrons. The summed E-state index contributed by atoms with van der Waals surface area (Å²) in [5.41, 5.74) is 0.298. The minimum atomic E-state index is -0.244. The number of para-hydroxylation sites is 1. The molecule has 0 spiro atoms. The van der Waals surface area contributed by atoms with Gasteiger partial charge in [-0.3, -0.25) is 4.90 Å². The first kappa shape index (κ1) is 14.9. The Morgan fingerprint density at radius 1 is 1.10 bits per heavy atom. The fourth-order valence-corrected chi connectivity index (χ4v) is 2.41. The number of carbonyl (C=O) groups is 1. The standard InChI is InChI=1S/C16H24N2O2/c1-16(2,3)13-17-9-11-18(12-10-17)15(19)20-14-7-5-4-6-8-14/h4-8H,9-13H2,1-3H3. The summed E-state index contributed by atoms with van der Waals surface area (Å²) in [4.78, 5) is 16.2. The molecule has 0 unspecified atom stereocenters. The van der Waals surface area contributed by atoms with Crippen LogP contribution in [-0.4, -0.2) is 48.6 Å². The molecule has 20 heavy (non-hydrogen) atoms. The van der Waals surface area contributed by atoms with Crippen LogP contribution in [0.15, 0.2) is 30.3 Å². The molecule has 1 aromatic carbocycles. The van der Waals surface area contributed by atoms with Gasteiger partial charge in [-0.1, -0.05) is 39.0 Å². The number of amides is 1. The molecule has 110 valence electrons. The lowest BCUT2D eigenvalue weighted by Gasteiger charge is -2.37. The lowest BCUT2D eigenvalue weighted by atomic mass is 9.96. The molecule has 0 saturated carbocycles. The maximum atomic E-state index is 12.0. The second-order valence-electron chi connectivity index (χ2n) is 6.50. The molecule has 1 aliphatic heterocycles. The first-order valence-electron chi connectivity index (χ1n) is 7.18. The zero-order valence-electron chi connectivity index (χ0n) is 12.6. The van der Waals surface area contributed by atoms with E-state index in [-0.39, 0.29) is 6.09 Å². The van der Waals surface area contributed by atoms with Crippen LogP contribution in [0.1, 0.15) is 20.8 Å². The second kappa shape index (κ2) is 6.27. The summed E-state index contributed by atoms with van der Waals surface area (Å²) < 4.78 is 5.36. The Morgan fingerprint density at radius 3 is 2.25 bits per heavy atom. The molecule has 0 bridgehead atoms. The van der Waals surface area contributed by atoms with Crippen molar-refractivity contribution in [1.82, 2.24) is 9.80 Å². The van der Waals surface area contributed by atoms with Crippen molar-refractivity contribution in [1.29, 1.82) is 0 Å². The number of piperazine rings is 1. The summed E-state index contributed by atoms with van der Waals surface area (Å²) in [6.07, 6.45) is -0.244. The zero-order chi connectivity index (χ0) is 14.6. The predicted octanol–water partition coefficient (Wildman–Crippen LogP) is 2.85. The Labute approximate surface area is 121 Å². The van der Waals surface area contributed by atoms with Gasteiger partial charge in [0, 0.05) is 32.7 Å². The van der Waals surface area contributed by atoms with Crippen molar-refractivity contribution in [2.75, 3.05) is 32.7 Å². The van der Waals surface area contributed by atoms with Crippen LogP contribution in [0.5, 0.6) is 5.75 Å². The van der Waals surface area contributed by atoms with Crippen molar-refractivity contribution >= 4 is 6.09 Å². The van der Waals surface area contributed by atoms with Crippen molar-refractivity contribution in [3.63, 3.8) is 0 Å². The van der Waals surface area contributed by atoms with Gasteiger partial charge in [0.25, 0.3) is 0 Å². The van der Waals surface area contributed by atoms with Crippen LogP contribution in [0.25, 0.3) is 0 Å². The average molecular weight is 276 g/mol. The highest BCUT2D eigenvalue weighted by atomic mass is 16.6. The Kier molecular flexibility index (Phi) is 4.65. The highest BCUT2D eigenvalue weighted by Crippen LogP contribution is 2.17. The fourth-order valence-electron chi connectivity index (χ4n) is 2.41. The molecule has 4 heteroatoms. The van der Waals surface area contributed by atoms with Gasteiger partial charge in [-0.2, -0.15) is 0 Å². The van der Waals surface area contributed by atoms with Crippen LogP contribution in [0.2, 0.25) is 0 Å². The quantitative estimate of drug-likeness (QED) is 0.832. The van der Waals surface area contributed by atoms with Crippen LogP contribution in [0.4, 0.5) is 4.79 Å². The van der Waals surface area contributed by atoms with Crippen molar-refractivity contribution < 1.29 is 9.53 Å². The Morgan fingerprint density at radius 2 is 1.70 bits per heavy atom. The first-order chi connectivity index (χ1) is 9.44. The van der Waals surface area contributed by atoms with E-state index in [0.29, 0.717) is 11.2 Å². The normalized spacial score (nSPS) is 17.1. The number of carbonyl (C=O) groups excluding carboxylic acids is 1. The lowest BCUT2D eigenvalue weighted by Crippen LogP contribution is -2.51. The molecule has 1 saturated heterocycles. The second-order valence-corrected chi connectivity index (χ2v) is 6.50. The van der Waals surface area contributed by atoms with Crippen LogP contribution in [0, 0.1) is 5.41 Å². The largest absolute Gasteiger partial charge is 0.415 e. The first-order valence-corrected chi connectivity index (χ1v) is 7.18. The van der Waals surface area contributed by atoms with Gasteiger partial charge in [-0.05, 0) is 17.5 Å². The van der Waals surface area contributed by atoms with Crippen LogP contribution < -0.4 is 4.74 Å². The maximum absolute atomic E-state index is 12.0. The average Bonchev–Trinajstić information content (AvgIpc) is 2.39. The molecule has 0 atom stereocenters. The van der Waals surface area contributed by atoms with Gasteiger partial charge in [-0.25, -0.2) is 4.79 Å². The number of rotatable bonds is 2. The van der Waals surface area contributed by atoms with Crippen LogP contribution in [0.3, 0.4) is 0 Å². The Bertz CT molecular complexity index is 432. The topological polar surface area (TPSA) is 32.8 Å². The smallest absolute Gasteiger partial charge is 0.410 e. The van der Waals surface area contributed by atoms with E-state index in [9.17, 15) is 4.79 Å². The highest BCUT2D eigenvalue weighted by molar-refractivity contribution is 5.70. The number of benzene rings is 1. The van der Waals surface area contributed by atoms with E-state index >= 15 is 0 Å². The molecule has 1 heterocycles. The van der Waals surface area contributed by atoms with Gasteiger partial charge in [0.1, 0.15) is 5.75 Å². The van der Waals surface area contributed by atoms with Crippen molar-refractivity contribution in [3.05, 3.63) is 30.3 Å². The van der Waals surface area contributed by atoms with E-state index in [1.807, 2.05) is 18.2 Å². The Balaban J connectivity index is 1.80. The lowest BCUT2D eigenvalue weighted by molar-refractivity contribution is 0.0938. The number of hydrogen-bond donors (Lipinski definition) is 0. The minimum absolute atomic E-state index is 0.244. The predicted molar refractivity (Wildman–Crippen MR) is 79.9 cm³/mol. The molecule has 2 rings (SSSR count). The third-order valence-corrected chi connectivity index (χ3v) is 3.28. The summed E-state index contributed by atoms with van der Waals surface area (Å²) >= 11 is 0. The molecular weight excluding hydrogens is 252 g/mol. The SMILES string of the molecule is CC(C)(C)CN1CCN(C(=O)Oc2ccccc2)CC1. The third kappa shape index (κ3) is 4.53. The zero-order valence-corrected chi connectivity index (χ0v) is 12.6. The van der Waals surface area contributed by atoms with Crippen LogP contribution in [-0.2, 0) is 0 Å². The minimum Gasteiger partial charge on any atom is -0.410 e. The molecule has 1 fully saturated rings. The summed E-state index contributed by atoms with van der Waals surface area (Å²) in [5.74, 6) is 0.606. The maximum Gasteiger partial charge on any atom is 0.415 e. The van der Waals surface area contributed by atoms with E-state index in [4.69, 9.17) is 4.74 Å². The van der Waals surface area contributed by atoms with E-state index in [2.05, 4.69) is 25.7 Å². The number of hydrogen-bond acceptors (Lipinski definition) is 3. The molecule has 1 aromatic rings. The van der Waals surface area contributed by atoms with Crippen molar-refractivity contribution in [2.45, 2.75) is 20.8 Å². The van der Waals surface area contributed by atoms with E-state index in [1.54, 1.807) is 17.0 Å².